The van der Waals surface area contributed by atoms with E-state index in [2.05, 4.69) is 15.0 Å². The minimum absolute atomic E-state index is 0.141. The summed E-state index contributed by atoms with van der Waals surface area (Å²) in [6.07, 6.45) is 2.57. The minimum Gasteiger partial charge on any atom is -0.355 e. The molecule has 1 fully saturated rings. The van der Waals surface area contributed by atoms with Crippen molar-refractivity contribution in [1.82, 2.24) is 5.32 Å². The fraction of sp³-hybridized carbons (Fsp3) is 0.235. The maximum Gasteiger partial charge on any atom is 0.207 e. The first-order valence-electron chi connectivity index (χ1n) is 7.55. The summed E-state index contributed by atoms with van der Waals surface area (Å²) in [5.74, 6) is 1.10. The average Bonchev–Trinajstić information content (AvgIpc) is 3.39. The molecule has 0 unspecified atom stereocenters. The molecule has 1 aliphatic heterocycles. The lowest BCUT2D eigenvalue weighted by molar-refractivity contribution is 0.629. The van der Waals surface area contributed by atoms with Crippen molar-refractivity contribution in [2.45, 2.75) is 17.7 Å². The van der Waals surface area contributed by atoms with E-state index in [1.54, 1.807) is 6.07 Å². The Hall–Kier alpha value is -1.72. The normalized spacial score (nSPS) is 16.3. The van der Waals surface area contributed by atoms with Crippen molar-refractivity contribution in [2.24, 2.45) is 10.3 Å². The van der Waals surface area contributed by atoms with Crippen molar-refractivity contribution in [2.75, 3.05) is 11.9 Å². The smallest absolute Gasteiger partial charge is 0.207 e. The second-order valence-electron chi connectivity index (χ2n) is 5.76. The zero-order valence-electron chi connectivity index (χ0n) is 12.3. The summed E-state index contributed by atoms with van der Waals surface area (Å²) in [6, 6.07) is 10.7. The lowest BCUT2D eigenvalue weighted by atomic mass is 10.0. The molecule has 2 N–H and O–H groups in total. The van der Waals surface area contributed by atoms with E-state index < -0.39 is 5.82 Å². The first-order chi connectivity index (χ1) is 11.2. The van der Waals surface area contributed by atoms with E-state index in [-0.39, 0.29) is 5.02 Å². The molecular formula is C17H15ClFN3S. The molecule has 1 aliphatic carbocycles. The molecule has 3 nitrogen and oxygen atoms in total. The van der Waals surface area contributed by atoms with Gasteiger partial charge in [0, 0.05) is 29.6 Å². The molecule has 1 saturated carbocycles. The van der Waals surface area contributed by atoms with Crippen LogP contribution in [0.1, 0.15) is 12.8 Å². The molecule has 118 valence electrons. The van der Waals surface area contributed by atoms with Crippen LogP contribution in [0, 0.1) is 11.7 Å². The van der Waals surface area contributed by atoms with Crippen LogP contribution in [0.25, 0.3) is 11.1 Å². The number of hydrogen-bond donors (Lipinski definition) is 2. The molecule has 4 rings (SSSR count). The second-order valence-corrected chi connectivity index (χ2v) is 6.94. The van der Waals surface area contributed by atoms with E-state index in [0.717, 1.165) is 34.6 Å². The molecule has 0 radical (unpaired) electrons. The highest BCUT2D eigenvalue weighted by Crippen LogP contribution is 2.42. The summed E-state index contributed by atoms with van der Waals surface area (Å²) in [7, 11) is 0. The third-order valence-electron chi connectivity index (χ3n) is 4.00. The van der Waals surface area contributed by atoms with E-state index in [1.807, 2.05) is 24.3 Å². The number of anilines is 1. The maximum absolute atomic E-state index is 13.8. The van der Waals surface area contributed by atoms with Crippen LogP contribution in [0.4, 0.5) is 10.1 Å². The predicted octanol–water partition coefficient (Wildman–Crippen LogP) is 4.93. The van der Waals surface area contributed by atoms with Gasteiger partial charge in [-0.1, -0.05) is 35.9 Å². The molecule has 0 bridgehead atoms. The maximum atomic E-state index is 13.8. The number of hydrogen-bond acceptors (Lipinski definition) is 4. The van der Waals surface area contributed by atoms with Crippen molar-refractivity contribution >= 4 is 35.2 Å². The Labute approximate surface area is 143 Å². The first kappa shape index (κ1) is 14.8. The Morgan fingerprint density at radius 2 is 2.00 bits per heavy atom. The average molecular weight is 348 g/mol. The van der Waals surface area contributed by atoms with Crippen LogP contribution in [0.15, 0.2) is 45.7 Å². The first-order valence-corrected chi connectivity index (χ1v) is 8.71. The van der Waals surface area contributed by atoms with Gasteiger partial charge >= 0.3 is 0 Å². The van der Waals surface area contributed by atoms with Crippen LogP contribution in [0.5, 0.6) is 0 Å². The van der Waals surface area contributed by atoms with Crippen molar-refractivity contribution < 1.29 is 4.39 Å². The highest BCUT2D eigenvalue weighted by Gasteiger charge is 2.23. The number of para-hydroxylation sites is 1. The number of benzene rings is 2. The van der Waals surface area contributed by atoms with Crippen molar-refractivity contribution in [1.29, 1.82) is 0 Å². The van der Waals surface area contributed by atoms with Crippen molar-refractivity contribution in [3.63, 3.8) is 0 Å². The van der Waals surface area contributed by atoms with E-state index in [4.69, 9.17) is 11.6 Å². The lowest BCUT2D eigenvalue weighted by Gasteiger charge is -2.21. The SMILES string of the molecule is Fc1cccc(-c2cccc3c2NC(NCC2CC2)=NS3)c1Cl. The molecule has 0 saturated heterocycles. The second kappa shape index (κ2) is 6.06. The van der Waals surface area contributed by atoms with Crippen molar-refractivity contribution in [3.8, 4) is 11.1 Å². The number of halogens is 2. The van der Waals surface area contributed by atoms with Gasteiger partial charge in [0.2, 0.25) is 5.96 Å². The summed E-state index contributed by atoms with van der Waals surface area (Å²) in [4.78, 5) is 1.000. The molecule has 0 aromatic heterocycles. The van der Waals surface area contributed by atoms with Gasteiger partial charge in [0.25, 0.3) is 0 Å². The van der Waals surface area contributed by atoms with Gasteiger partial charge in [-0.15, -0.1) is 0 Å². The zero-order valence-corrected chi connectivity index (χ0v) is 13.8. The number of guanidine groups is 1. The van der Waals surface area contributed by atoms with Gasteiger partial charge in [-0.05, 0) is 30.9 Å². The molecule has 1 heterocycles. The summed E-state index contributed by atoms with van der Waals surface area (Å²) < 4.78 is 18.2. The number of nitrogens with one attached hydrogen (secondary N) is 2. The Morgan fingerprint density at radius 3 is 2.83 bits per heavy atom. The van der Waals surface area contributed by atoms with Crippen LogP contribution in [0.2, 0.25) is 5.02 Å². The van der Waals surface area contributed by atoms with Gasteiger partial charge in [0.1, 0.15) is 5.82 Å². The molecule has 0 atom stereocenters. The van der Waals surface area contributed by atoms with Gasteiger partial charge in [-0.25, -0.2) is 4.39 Å². The molecule has 0 amide bonds. The van der Waals surface area contributed by atoms with Crippen LogP contribution in [-0.4, -0.2) is 12.5 Å². The number of rotatable bonds is 3. The van der Waals surface area contributed by atoms with E-state index in [9.17, 15) is 4.39 Å². The van der Waals surface area contributed by atoms with Crippen LogP contribution < -0.4 is 10.6 Å². The van der Waals surface area contributed by atoms with Gasteiger partial charge in [0.05, 0.1) is 15.6 Å². The Bertz CT molecular complexity index is 789. The van der Waals surface area contributed by atoms with E-state index in [0.29, 0.717) is 5.56 Å². The summed E-state index contributed by atoms with van der Waals surface area (Å²) in [5.41, 5.74) is 2.47. The largest absolute Gasteiger partial charge is 0.355 e. The Balaban J connectivity index is 1.67. The summed E-state index contributed by atoms with van der Waals surface area (Å²) >= 11 is 7.58. The van der Waals surface area contributed by atoms with Gasteiger partial charge in [-0.2, -0.15) is 4.40 Å². The van der Waals surface area contributed by atoms with Crippen molar-refractivity contribution in [3.05, 3.63) is 47.2 Å². The summed E-state index contributed by atoms with van der Waals surface area (Å²) in [6.45, 7) is 0.935. The van der Waals surface area contributed by atoms with Gasteiger partial charge in [-0.3, -0.25) is 0 Å². The highest BCUT2D eigenvalue weighted by molar-refractivity contribution is 7.98. The monoisotopic (exact) mass is 347 g/mol. The highest BCUT2D eigenvalue weighted by atomic mass is 35.5. The number of fused-ring (bicyclic) bond motifs is 1. The fourth-order valence-electron chi connectivity index (χ4n) is 2.55. The van der Waals surface area contributed by atoms with Crippen LogP contribution in [-0.2, 0) is 0 Å². The lowest BCUT2D eigenvalue weighted by Crippen LogP contribution is -2.33. The predicted molar refractivity (Wildman–Crippen MR) is 94.5 cm³/mol. The molecule has 2 aliphatic rings. The van der Waals surface area contributed by atoms with E-state index in [1.165, 1.54) is 30.9 Å². The zero-order chi connectivity index (χ0) is 15.8. The molecule has 6 heteroatoms. The molecule has 2 aromatic carbocycles. The standard InChI is InChI=1S/C17H15ClFN3S/c18-15-11(3-1-5-13(15)19)12-4-2-6-14-16(12)21-17(22-23-14)20-9-10-7-8-10/h1-6,10H,7-9H2,(H2,20,21,22). The van der Waals surface area contributed by atoms with Gasteiger partial charge < -0.3 is 10.6 Å². The van der Waals surface area contributed by atoms with Crippen LogP contribution >= 0.6 is 23.5 Å². The summed E-state index contributed by atoms with van der Waals surface area (Å²) in [5, 5.41) is 6.81. The number of nitrogens with zero attached hydrogens (tertiary/aromatic N) is 1. The minimum atomic E-state index is -0.411. The third-order valence-corrected chi connectivity index (χ3v) is 5.20. The molecule has 0 spiro atoms. The Morgan fingerprint density at radius 1 is 1.22 bits per heavy atom. The van der Waals surface area contributed by atoms with E-state index >= 15 is 0 Å². The molecule has 23 heavy (non-hydrogen) atoms. The van der Waals surface area contributed by atoms with Gasteiger partial charge in [0.15, 0.2) is 0 Å². The fourth-order valence-corrected chi connectivity index (χ4v) is 3.47. The molecule has 2 aromatic rings. The Kier molecular flexibility index (Phi) is 3.91. The quantitative estimate of drug-likeness (QED) is 0.772. The molecular weight excluding hydrogens is 333 g/mol. The third kappa shape index (κ3) is 3.03. The van der Waals surface area contributed by atoms with Crippen LogP contribution in [0.3, 0.4) is 0 Å². The topological polar surface area (TPSA) is 36.4 Å².